The Hall–Kier alpha value is -3.19. The molecular weight excluding hydrogens is 340 g/mol. The van der Waals surface area contributed by atoms with Gasteiger partial charge in [0.1, 0.15) is 0 Å². The zero-order valence-corrected chi connectivity index (χ0v) is 15.7. The van der Waals surface area contributed by atoms with Gasteiger partial charge >= 0.3 is 11.5 Å². The highest BCUT2D eigenvalue weighted by Gasteiger charge is 2.37. The van der Waals surface area contributed by atoms with Crippen LogP contribution in [0, 0.1) is 0 Å². The number of fused-ring (bicyclic) bond motifs is 6. The molecule has 2 aliphatic carbocycles. The molecule has 6 rings (SSSR count). The van der Waals surface area contributed by atoms with Crippen LogP contribution in [0.25, 0.3) is 33.8 Å². The van der Waals surface area contributed by atoms with E-state index in [1.54, 1.807) is 0 Å². The van der Waals surface area contributed by atoms with Crippen LogP contribution in [-0.2, 0) is 25.7 Å². The van der Waals surface area contributed by atoms with E-state index in [1.807, 2.05) is 0 Å². The number of benzene rings is 3. The predicted octanol–water partition coefficient (Wildman–Crippen LogP) is 6.76. The normalized spacial score (nSPS) is 13.9. The summed E-state index contributed by atoms with van der Waals surface area (Å²) in [5.41, 5.74) is 10.8. The summed E-state index contributed by atoms with van der Waals surface area (Å²) >= 11 is 0. The molecule has 1 heteroatoms. The minimum absolute atomic E-state index is 1.04. The zero-order chi connectivity index (χ0) is 18.5. The lowest BCUT2D eigenvalue weighted by atomic mass is 9.79. The Kier molecular flexibility index (Phi) is 3.49. The molecule has 0 spiro atoms. The third kappa shape index (κ3) is 2.29. The number of aryl methyl sites for hydroxylation is 2. The monoisotopic (exact) mass is 361 g/mol. The van der Waals surface area contributed by atoms with Gasteiger partial charge in [-0.3, -0.25) is 0 Å². The van der Waals surface area contributed by atoms with Crippen molar-refractivity contribution in [2.75, 3.05) is 0 Å². The van der Waals surface area contributed by atoms with Gasteiger partial charge in [-0.15, -0.1) is 0 Å². The van der Waals surface area contributed by atoms with Gasteiger partial charge in [-0.2, -0.15) is 0 Å². The largest absolute Gasteiger partial charge is 0.364 e. The first-order valence-corrected chi connectivity index (χ1v) is 10.1. The number of rotatable bonds is 1. The van der Waals surface area contributed by atoms with Crippen molar-refractivity contribution < 1.29 is 4.42 Å². The second-order valence-electron chi connectivity index (χ2n) is 7.77. The molecule has 0 saturated carbocycles. The van der Waals surface area contributed by atoms with Crippen molar-refractivity contribution in [1.29, 1.82) is 0 Å². The van der Waals surface area contributed by atoms with Crippen molar-refractivity contribution in [2.45, 2.75) is 25.7 Å². The molecule has 28 heavy (non-hydrogen) atoms. The quantitative estimate of drug-likeness (QED) is 0.341. The van der Waals surface area contributed by atoms with Gasteiger partial charge < -0.3 is 0 Å². The van der Waals surface area contributed by atoms with Crippen LogP contribution in [0.4, 0.5) is 0 Å². The van der Waals surface area contributed by atoms with Crippen molar-refractivity contribution >= 4 is 0 Å². The second-order valence-corrected chi connectivity index (χ2v) is 7.77. The Labute approximate surface area is 165 Å². The summed E-state index contributed by atoms with van der Waals surface area (Å²) in [5.74, 6) is 2.13. The standard InChI is InChI=1S/C27H21O/c1-2-10-20(11-3-1)25-23-16-14-18-8-4-6-12-21(18)26(23)28-27-22-13-7-5-9-19(22)15-17-24(25)27/h1-13H,14-17H2/q+1. The molecule has 0 N–H and O–H groups in total. The van der Waals surface area contributed by atoms with Gasteiger partial charge in [0.05, 0.1) is 22.3 Å². The Balaban J connectivity index is 1.73. The first-order valence-electron chi connectivity index (χ1n) is 10.1. The fourth-order valence-corrected chi connectivity index (χ4v) is 4.94. The van der Waals surface area contributed by atoms with E-state index in [0.717, 1.165) is 37.2 Å². The summed E-state index contributed by atoms with van der Waals surface area (Å²) < 4.78 is 6.74. The van der Waals surface area contributed by atoms with Crippen LogP contribution >= 0.6 is 0 Å². The number of hydrogen-bond donors (Lipinski definition) is 0. The summed E-state index contributed by atoms with van der Waals surface area (Å²) in [5, 5.41) is 0. The molecule has 4 aromatic rings. The highest BCUT2D eigenvalue weighted by atomic mass is 16.3. The highest BCUT2D eigenvalue weighted by molar-refractivity contribution is 5.86. The average molecular weight is 361 g/mol. The van der Waals surface area contributed by atoms with Gasteiger partial charge in [0.2, 0.25) is 0 Å². The molecular formula is C27H21O+. The molecule has 134 valence electrons. The van der Waals surface area contributed by atoms with Crippen molar-refractivity contribution in [3.8, 4) is 33.8 Å². The lowest BCUT2D eigenvalue weighted by Crippen LogP contribution is -2.12. The lowest BCUT2D eigenvalue weighted by molar-refractivity contribution is 0.556. The second kappa shape index (κ2) is 6.17. The molecule has 0 saturated heterocycles. The minimum Gasteiger partial charge on any atom is -0.206 e. The predicted molar refractivity (Wildman–Crippen MR) is 114 cm³/mol. The maximum atomic E-state index is 6.74. The van der Waals surface area contributed by atoms with Gasteiger partial charge in [0.25, 0.3) is 0 Å². The molecule has 0 radical (unpaired) electrons. The van der Waals surface area contributed by atoms with E-state index in [9.17, 15) is 0 Å². The molecule has 1 heterocycles. The highest BCUT2D eigenvalue weighted by Crippen LogP contribution is 2.47. The Morgan fingerprint density at radius 2 is 1.00 bits per heavy atom. The smallest absolute Gasteiger partial charge is 0.206 e. The third-order valence-electron chi connectivity index (χ3n) is 6.23. The van der Waals surface area contributed by atoms with Gasteiger partial charge in [0, 0.05) is 5.56 Å². The first-order chi connectivity index (χ1) is 13.9. The van der Waals surface area contributed by atoms with Crippen LogP contribution < -0.4 is 0 Å². The fourth-order valence-electron chi connectivity index (χ4n) is 4.94. The van der Waals surface area contributed by atoms with E-state index in [4.69, 9.17) is 4.42 Å². The summed E-state index contributed by atoms with van der Waals surface area (Å²) in [6, 6.07) is 28.3. The van der Waals surface area contributed by atoms with Crippen LogP contribution in [0.2, 0.25) is 0 Å². The van der Waals surface area contributed by atoms with E-state index in [-0.39, 0.29) is 0 Å². The van der Waals surface area contributed by atoms with E-state index in [2.05, 4.69) is 78.9 Å². The van der Waals surface area contributed by atoms with Crippen molar-refractivity contribution in [2.24, 2.45) is 0 Å². The first kappa shape index (κ1) is 15.8. The van der Waals surface area contributed by atoms with Crippen molar-refractivity contribution in [3.63, 3.8) is 0 Å². The summed E-state index contributed by atoms with van der Waals surface area (Å²) in [6.45, 7) is 0. The Morgan fingerprint density at radius 3 is 1.57 bits per heavy atom. The number of hydrogen-bond acceptors (Lipinski definition) is 0. The van der Waals surface area contributed by atoms with Gasteiger partial charge in [-0.1, -0.05) is 66.7 Å². The van der Waals surface area contributed by atoms with Crippen LogP contribution in [-0.4, -0.2) is 0 Å². The van der Waals surface area contributed by atoms with Gasteiger partial charge in [-0.05, 0) is 54.5 Å². The van der Waals surface area contributed by atoms with Crippen molar-refractivity contribution in [3.05, 3.63) is 101 Å². The zero-order valence-electron chi connectivity index (χ0n) is 15.7. The molecule has 0 aliphatic heterocycles. The SMILES string of the molecule is c1ccc(-c2c3c([o+]c4c2CCc2ccccc2-4)-c2ccccc2CC3)cc1. The molecule has 3 aromatic carbocycles. The van der Waals surface area contributed by atoms with Crippen LogP contribution in [0.1, 0.15) is 22.3 Å². The van der Waals surface area contributed by atoms with Gasteiger partial charge in [0.15, 0.2) is 0 Å². The van der Waals surface area contributed by atoms with E-state index < -0.39 is 0 Å². The van der Waals surface area contributed by atoms with Crippen LogP contribution in [0.15, 0.2) is 83.3 Å². The van der Waals surface area contributed by atoms with Crippen LogP contribution in [0.3, 0.4) is 0 Å². The van der Waals surface area contributed by atoms with E-state index in [1.165, 1.54) is 44.5 Å². The molecule has 1 nitrogen and oxygen atoms in total. The van der Waals surface area contributed by atoms with Crippen molar-refractivity contribution in [1.82, 2.24) is 0 Å². The van der Waals surface area contributed by atoms with E-state index >= 15 is 0 Å². The molecule has 0 fully saturated rings. The molecule has 2 aliphatic rings. The Morgan fingerprint density at radius 1 is 0.500 bits per heavy atom. The fraction of sp³-hybridized carbons (Fsp3) is 0.148. The average Bonchev–Trinajstić information content (AvgIpc) is 2.78. The summed E-state index contributed by atoms with van der Waals surface area (Å²) in [4.78, 5) is 0. The minimum atomic E-state index is 1.04. The maximum absolute atomic E-state index is 6.74. The van der Waals surface area contributed by atoms with Crippen LogP contribution in [0.5, 0.6) is 0 Å². The van der Waals surface area contributed by atoms with Gasteiger partial charge in [-0.25, -0.2) is 4.42 Å². The summed E-state index contributed by atoms with van der Waals surface area (Å²) in [7, 11) is 0. The molecule has 0 atom stereocenters. The van der Waals surface area contributed by atoms with E-state index in [0.29, 0.717) is 0 Å². The molecule has 0 unspecified atom stereocenters. The third-order valence-corrected chi connectivity index (χ3v) is 6.23. The summed E-state index contributed by atoms with van der Waals surface area (Å²) in [6.07, 6.45) is 4.23. The molecule has 1 aromatic heterocycles. The Bertz CT molecular complexity index is 1130. The molecule has 0 amide bonds. The topological polar surface area (TPSA) is 11.3 Å². The molecule has 0 bridgehead atoms. The maximum Gasteiger partial charge on any atom is 0.364 e. The lowest BCUT2D eigenvalue weighted by Gasteiger charge is -2.22.